The van der Waals surface area contributed by atoms with Crippen molar-refractivity contribution in [3.8, 4) is 11.5 Å². The lowest BCUT2D eigenvalue weighted by Crippen LogP contribution is -2.36. The summed E-state index contributed by atoms with van der Waals surface area (Å²) in [6.45, 7) is -0.392. The molecular weight excluding hydrogens is 358 g/mol. The van der Waals surface area contributed by atoms with E-state index in [4.69, 9.17) is 9.47 Å². The summed E-state index contributed by atoms with van der Waals surface area (Å²) in [5, 5.41) is 0. The number of nitrogens with zero attached hydrogens (tertiary/aromatic N) is 1. The van der Waals surface area contributed by atoms with Gasteiger partial charge in [-0.2, -0.15) is 4.31 Å². The van der Waals surface area contributed by atoms with E-state index in [2.05, 4.69) is 4.74 Å². The molecule has 7 nitrogen and oxygen atoms in total. The highest BCUT2D eigenvalue weighted by molar-refractivity contribution is 7.89. The van der Waals surface area contributed by atoms with Crippen molar-refractivity contribution in [2.45, 2.75) is 11.4 Å². The molecular formula is C18H21NO6S. The molecule has 0 heterocycles. The van der Waals surface area contributed by atoms with Crippen LogP contribution in [-0.2, 0) is 26.1 Å². The zero-order valence-corrected chi connectivity index (χ0v) is 15.7. The Morgan fingerprint density at radius 2 is 1.69 bits per heavy atom. The number of carbonyl (C=O) groups is 1. The summed E-state index contributed by atoms with van der Waals surface area (Å²) < 4.78 is 42.3. The van der Waals surface area contributed by atoms with Gasteiger partial charge >= 0.3 is 5.97 Å². The van der Waals surface area contributed by atoms with Crippen molar-refractivity contribution in [1.82, 2.24) is 4.31 Å². The standard InChI is InChI=1S/C18H21NO6S/c1-23-15-9-10-17(16(11-15)24-2)26(21,22)19(13-18(20)25-3)12-14-7-5-4-6-8-14/h4-11H,12-13H2,1-3H3. The minimum atomic E-state index is -4.02. The van der Waals surface area contributed by atoms with E-state index in [9.17, 15) is 13.2 Å². The summed E-state index contributed by atoms with van der Waals surface area (Å²) in [7, 11) is 0.0365. The molecule has 140 valence electrons. The fourth-order valence-electron chi connectivity index (χ4n) is 2.35. The smallest absolute Gasteiger partial charge is 0.321 e. The molecule has 0 aliphatic heterocycles. The van der Waals surface area contributed by atoms with Crippen molar-refractivity contribution in [3.63, 3.8) is 0 Å². The predicted molar refractivity (Wildman–Crippen MR) is 95.6 cm³/mol. The molecule has 0 saturated carbocycles. The minimum Gasteiger partial charge on any atom is -0.497 e. The lowest BCUT2D eigenvalue weighted by Gasteiger charge is -2.22. The number of hydrogen-bond acceptors (Lipinski definition) is 6. The second kappa shape index (κ2) is 8.68. The molecule has 0 aliphatic carbocycles. The van der Waals surface area contributed by atoms with Gasteiger partial charge in [-0.3, -0.25) is 4.79 Å². The van der Waals surface area contributed by atoms with Gasteiger partial charge < -0.3 is 14.2 Å². The number of ether oxygens (including phenoxy) is 3. The molecule has 0 fully saturated rings. The highest BCUT2D eigenvalue weighted by Gasteiger charge is 2.30. The number of methoxy groups -OCH3 is 3. The van der Waals surface area contributed by atoms with Crippen LogP contribution in [-0.4, -0.2) is 46.6 Å². The van der Waals surface area contributed by atoms with E-state index in [1.807, 2.05) is 6.07 Å². The first-order valence-corrected chi connectivity index (χ1v) is 9.19. The zero-order chi connectivity index (χ0) is 19.2. The van der Waals surface area contributed by atoms with Gasteiger partial charge in [-0.25, -0.2) is 8.42 Å². The Bertz CT molecular complexity index is 851. The van der Waals surface area contributed by atoms with Crippen LogP contribution in [0.1, 0.15) is 5.56 Å². The van der Waals surface area contributed by atoms with Crippen molar-refractivity contribution in [3.05, 3.63) is 54.1 Å². The van der Waals surface area contributed by atoms with Crippen LogP contribution in [0, 0.1) is 0 Å². The Balaban J connectivity index is 2.46. The number of hydrogen-bond donors (Lipinski definition) is 0. The van der Waals surface area contributed by atoms with Crippen LogP contribution in [0.3, 0.4) is 0 Å². The van der Waals surface area contributed by atoms with E-state index in [1.165, 1.54) is 39.5 Å². The maximum Gasteiger partial charge on any atom is 0.321 e. The van der Waals surface area contributed by atoms with Crippen LogP contribution in [0.5, 0.6) is 11.5 Å². The summed E-state index contributed by atoms with van der Waals surface area (Å²) in [5.41, 5.74) is 0.743. The largest absolute Gasteiger partial charge is 0.497 e. The average molecular weight is 379 g/mol. The molecule has 0 atom stereocenters. The van der Waals surface area contributed by atoms with Crippen LogP contribution in [0.4, 0.5) is 0 Å². The summed E-state index contributed by atoms with van der Waals surface area (Å²) in [6.07, 6.45) is 0. The van der Waals surface area contributed by atoms with E-state index in [0.717, 1.165) is 9.87 Å². The molecule has 26 heavy (non-hydrogen) atoms. The Morgan fingerprint density at radius 1 is 1.00 bits per heavy atom. The molecule has 0 unspecified atom stereocenters. The maximum atomic E-state index is 13.2. The fourth-order valence-corrected chi connectivity index (χ4v) is 3.86. The summed E-state index contributed by atoms with van der Waals surface area (Å²) in [4.78, 5) is 11.7. The molecule has 0 bridgehead atoms. The van der Waals surface area contributed by atoms with Crippen molar-refractivity contribution in [1.29, 1.82) is 0 Å². The number of carbonyl (C=O) groups excluding carboxylic acids is 1. The predicted octanol–water partition coefficient (Wildman–Crippen LogP) is 2.07. The van der Waals surface area contributed by atoms with E-state index < -0.39 is 22.5 Å². The summed E-state index contributed by atoms with van der Waals surface area (Å²) in [6, 6.07) is 13.4. The fraction of sp³-hybridized carbons (Fsp3) is 0.278. The van der Waals surface area contributed by atoms with Crippen LogP contribution in [0.25, 0.3) is 0 Å². The van der Waals surface area contributed by atoms with Gasteiger partial charge in [-0.1, -0.05) is 30.3 Å². The molecule has 2 aromatic carbocycles. The van der Waals surface area contributed by atoms with Gasteiger partial charge in [0.15, 0.2) is 0 Å². The Kier molecular flexibility index (Phi) is 6.59. The van der Waals surface area contributed by atoms with E-state index in [-0.39, 0.29) is 17.2 Å². The molecule has 0 aromatic heterocycles. The van der Waals surface area contributed by atoms with Crippen LogP contribution in [0.15, 0.2) is 53.4 Å². The van der Waals surface area contributed by atoms with Crippen LogP contribution in [0.2, 0.25) is 0 Å². The van der Waals surface area contributed by atoms with Gasteiger partial charge in [0.2, 0.25) is 10.0 Å². The maximum absolute atomic E-state index is 13.2. The number of benzene rings is 2. The van der Waals surface area contributed by atoms with Crippen LogP contribution < -0.4 is 9.47 Å². The molecule has 0 spiro atoms. The van der Waals surface area contributed by atoms with Crippen molar-refractivity contribution in [2.24, 2.45) is 0 Å². The first kappa shape index (κ1) is 19.7. The topological polar surface area (TPSA) is 82.1 Å². The molecule has 8 heteroatoms. The average Bonchev–Trinajstić information content (AvgIpc) is 2.67. The second-order valence-electron chi connectivity index (χ2n) is 5.35. The van der Waals surface area contributed by atoms with Gasteiger partial charge in [0.1, 0.15) is 22.9 Å². The Hall–Kier alpha value is -2.58. The van der Waals surface area contributed by atoms with Crippen molar-refractivity contribution < 1.29 is 27.4 Å². The normalized spacial score (nSPS) is 11.2. The zero-order valence-electron chi connectivity index (χ0n) is 14.8. The lowest BCUT2D eigenvalue weighted by molar-refractivity contribution is -0.140. The van der Waals surface area contributed by atoms with Gasteiger partial charge in [0.25, 0.3) is 0 Å². The quantitative estimate of drug-likeness (QED) is 0.653. The number of sulfonamides is 1. The first-order chi connectivity index (χ1) is 12.4. The Morgan fingerprint density at radius 3 is 2.27 bits per heavy atom. The third-order valence-corrected chi connectivity index (χ3v) is 5.55. The van der Waals surface area contributed by atoms with E-state index >= 15 is 0 Å². The third-order valence-electron chi connectivity index (χ3n) is 3.72. The van der Waals surface area contributed by atoms with Gasteiger partial charge in [0.05, 0.1) is 21.3 Å². The summed E-state index contributed by atoms with van der Waals surface area (Å²) >= 11 is 0. The number of esters is 1. The lowest BCUT2D eigenvalue weighted by atomic mass is 10.2. The third kappa shape index (κ3) is 4.53. The SMILES string of the molecule is COC(=O)CN(Cc1ccccc1)S(=O)(=O)c1ccc(OC)cc1OC. The Labute approximate surface area is 153 Å². The number of rotatable bonds is 8. The monoisotopic (exact) mass is 379 g/mol. The molecule has 2 aromatic rings. The van der Waals surface area contributed by atoms with Crippen molar-refractivity contribution >= 4 is 16.0 Å². The highest BCUT2D eigenvalue weighted by atomic mass is 32.2. The molecule has 0 aliphatic rings. The summed E-state index contributed by atoms with van der Waals surface area (Å²) in [5.74, 6) is -0.0624. The van der Waals surface area contributed by atoms with E-state index in [0.29, 0.717) is 5.75 Å². The van der Waals surface area contributed by atoms with Gasteiger partial charge in [-0.15, -0.1) is 0 Å². The minimum absolute atomic E-state index is 0.0213. The first-order valence-electron chi connectivity index (χ1n) is 7.75. The molecule has 0 saturated heterocycles. The van der Waals surface area contributed by atoms with Gasteiger partial charge in [-0.05, 0) is 17.7 Å². The molecule has 0 amide bonds. The van der Waals surface area contributed by atoms with E-state index in [1.54, 1.807) is 24.3 Å². The second-order valence-corrected chi connectivity index (χ2v) is 7.26. The molecule has 0 radical (unpaired) electrons. The van der Waals surface area contributed by atoms with Crippen molar-refractivity contribution in [2.75, 3.05) is 27.9 Å². The molecule has 2 rings (SSSR count). The van der Waals surface area contributed by atoms with Crippen LogP contribution >= 0.6 is 0 Å². The highest BCUT2D eigenvalue weighted by Crippen LogP contribution is 2.31. The van der Waals surface area contributed by atoms with Gasteiger partial charge in [0, 0.05) is 12.6 Å². The molecule has 0 N–H and O–H groups in total.